The highest BCUT2D eigenvalue weighted by Crippen LogP contribution is 2.28. The van der Waals surface area contributed by atoms with Crippen LogP contribution in [0.3, 0.4) is 0 Å². The normalized spacial score (nSPS) is 13.0. The predicted octanol–water partition coefficient (Wildman–Crippen LogP) is 1.74. The third-order valence-corrected chi connectivity index (χ3v) is 3.60. The Morgan fingerprint density at radius 3 is 3.09 bits per heavy atom. The number of fused-ring (bicyclic) bond motifs is 1. The number of hydrogen-bond acceptors (Lipinski definition) is 5. The molecule has 0 bridgehead atoms. The van der Waals surface area contributed by atoms with Gasteiger partial charge in [-0.05, 0) is 24.1 Å². The molecule has 0 unspecified atom stereocenters. The average Bonchev–Trinajstić information content (AvgIpc) is 2.99. The second-order valence-corrected chi connectivity index (χ2v) is 5.02. The van der Waals surface area contributed by atoms with E-state index in [2.05, 4.69) is 21.4 Å². The van der Waals surface area contributed by atoms with Crippen molar-refractivity contribution in [3.8, 4) is 0 Å². The summed E-state index contributed by atoms with van der Waals surface area (Å²) in [6.07, 6.45) is 2.48. The Morgan fingerprint density at radius 1 is 1.36 bits per heavy atom. The second kappa shape index (κ2) is 6.53. The molecule has 6 nitrogen and oxygen atoms in total. The zero-order chi connectivity index (χ0) is 15.4. The molecule has 1 aromatic heterocycles. The van der Waals surface area contributed by atoms with Gasteiger partial charge in [0, 0.05) is 32.1 Å². The Hall–Kier alpha value is -2.47. The minimum atomic E-state index is -0.0952. The zero-order valence-corrected chi connectivity index (χ0v) is 12.5. The van der Waals surface area contributed by atoms with Gasteiger partial charge in [0.15, 0.2) is 0 Å². The summed E-state index contributed by atoms with van der Waals surface area (Å²) in [7, 11) is 1.63. The molecule has 0 fully saturated rings. The fourth-order valence-corrected chi connectivity index (χ4v) is 2.52. The smallest absolute Gasteiger partial charge is 0.277 e. The van der Waals surface area contributed by atoms with Crippen LogP contribution in [-0.2, 0) is 11.2 Å². The van der Waals surface area contributed by atoms with Gasteiger partial charge in [0.2, 0.25) is 5.95 Å². The standard InChI is InChI=1S/C16H18N4O2/c1-22-11-9-18-16-17-8-6-13(19-16)15(21)20-10-7-12-4-2-3-5-14(12)20/h2-6,8H,7,9-11H2,1H3,(H,17,18,19). The lowest BCUT2D eigenvalue weighted by Crippen LogP contribution is -2.30. The monoisotopic (exact) mass is 298 g/mol. The summed E-state index contributed by atoms with van der Waals surface area (Å²) in [5, 5.41) is 3.03. The van der Waals surface area contributed by atoms with Crippen molar-refractivity contribution in [2.75, 3.05) is 37.0 Å². The van der Waals surface area contributed by atoms with Crippen LogP contribution in [0.15, 0.2) is 36.5 Å². The van der Waals surface area contributed by atoms with Crippen LogP contribution >= 0.6 is 0 Å². The first kappa shape index (κ1) is 14.5. The lowest BCUT2D eigenvalue weighted by Gasteiger charge is -2.17. The van der Waals surface area contributed by atoms with Gasteiger partial charge in [-0.2, -0.15) is 0 Å². The Bertz CT molecular complexity index is 675. The largest absolute Gasteiger partial charge is 0.383 e. The van der Waals surface area contributed by atoms with Gasteiger partial charge >= 0.3 is 0 Å². The predicted molar refractivity (Wildman–Crippen MR) is 84.2 cm³/mol. The number of carbonyl (C=O) groups excluding carboxylic acids is 1. The molecule has 0 saturated heterocycles. The molecule has 0 spiro atoms. The molecular formula is C16H18N4O2. The first-order valence-electron chi connectivity index (χ1n) is 7.25. The van der Waals surface area contributed by atoms with Crippen molar-refractivity contribution < 1.29 is 9.53 Å². The van der Waals surface area contributed by atoms with Crippen molar-refractivity contribution in [1.82, 2.24) is 9.97 Å². The summed E-state index contributed by atoms with van der Waals surface area (Å²) >= 11 is 0. The van der Waals surface area contributed by atoms with Crippen LogP contribution < -0.4 is 10.2 Å². The van der Waals surface area contributed by atoms with Crippen LogP contribution in [0.1, 0.15) is 16.1 Å². The van der Waals surface area contributed by atoms with Gasteiger partial charge in [-0.3, -0.25) is 4.79 Å². The van der Waals surface area contributed by atoms with Gasteiger partial charge in [0.1, 0.15) is 5.69 Å². The number of carbonyl (C=O) groups is 1. The molecule has 0 atom stereocenters. The van der Waals surface area contributed by atoms with Crippen LogP contribution in [0, 0.1) is 0 Å². The molecule has 1 aromatic carbocycles. The first-order chi connectivity index (χ1) is 10.8. The van der Waals surface area contributed by atoms with Crippen molar-refractivity contribution in [2.45, 2.75) is 6.42 Å². The molecule has 22 heavy (non-hydrogen) atoms. The zero-order valence-electron chi connectivity index (χ0n) is 12.5. The lowest BCUT2D eigenvalue weighted by atomic mass is 10.2. The van der Waals surface area contributed by atoms with E-state index in [0.717, 1.165) is 12.1 Å². The maximum Gasteiger partial charge on any atom is 0.277 e. The molecule has 1 amide bonds. The highest BCUT2D eigenvalue weighted by Gasteiger charge is 2.26. The van der Waals surface area contributed by atoms with Crippen molar-refractivity contribution in [1.29, 1.82) is 0 Å². The van der Waals surface area contributed by atoms with Crippen molar-refractivity contribution in [2.24, 2.45) is 0 Å². The van der Waals surface area contributed by atoms with E-state index >= 15 is 0 Å². The molecule has 0 saturated carbocycles. The highest BCUT2D eigenvalue weighted by atomic mass is 16.5. The summed E-state index contributed by atoms with van der Waals surface area (Å²) in [6.45, 7) is 1.84. The molecule has 2 heterocycles. The molecule has 114 valence electrons. The van der Waals surface area contributed by atoms with E-state index in [9.17, 15) is 4.79 Å². The molecule has 1 N–H and O–H groups in total. The van der Waals surface area contributed by atoms with Crippen molar-refractivity contribution >= 4 is 17.5 Å². The molecule has 2 aromatic rings. The number of benzene rings is 1. The number of aromatic nitrogens is 2. The fourth-order valence-electron chi connectivity index (χ4n) is 2.52. The maximum atomic E-state index is 12.7. The van der Waals surface area contributed by atoms with Crippen LogP contribution in [0.25, 0.3) is 0 Å². The molecular weight excluding hydrogens is 280 g/mol. The summed E-state index contributed by atoms with van der Waals surface area (Å²) in [5.74, 6) is 0.345. The molecule has 3 rings (SSSR count). The number of nitrogens with one attached hydrogen (secondary N) is 1. The van der Waals surface area contributed by atoms with Gasteiger partial charge in [-0.1, -0.05) is 18.2 Å². The van der Waals surface area contributed by atoms with E-state index in [1.807, 2.05) is 18.2 Å². The van der Waals surface area contributed by atoms with E-state index in [1.165, 1.54) is 5.56 Å². The van der Waals surface area contributed by atoms with E-state index in [0.29, 0.717) is 31.3 Å². The molecule has 0 aliphatic carbocycles. The Labute approximate surface area is 129 Å². The second-order valence-electron chi connectivity index (χ2n) is 5.02. The van der Waals surface area contributed by atoms with E-state index < -0.39 is 0 Å². The Kier molecular flexibility index (Phi) is 4.29. The lowest BCUT2D eigenvalue weighted by molar-refractivity contribution is 0.0984. The first-order valence-corrected chi connectivity index (χ1v) is 7.25. The van der Waals surface area contributed by atoms with Gasteiger partial charge in [-0.25, -0.2) is 9.97 Å². The Balaban J connectivity index is 1.77. The minimum Gasteiger partial charge on any atom is -0.383 e. The van der Waals surface area contributed by atoms with Gasteiger partial charge in [0.05, 0.1) is 6.61 Å². The number of amides is 1. The van der Waals surface area contributed by atoms with Crippen molar-refractivity contribution in [3.05, 3.63) is 47.8 Å². The summed E-state index contributed by atoms with van der Waals surface area (Å²) in [6, 6.07) is 9.61. The van der Waals surface area contributed by atoms with Crippen molar-refractivity contribution in [3.63, 3.8) is 0 Å². The highest BCUT2D eigenvalue weighted by molar-refractivity contribution is 6.06. The number of rotatable bonds is 5. The number of ether oxygens (including phenoxy) is 1. The van der Waals surface area contributed by atoms with E-state index in [1.54, 1.807) is 24.3 Å². The van der Waals surface area contributed by atoms with E-state index in [4.69, 9.17) is 4.74 Å². The fraction of sp³-hybridized carbons (Fsp3) is 0.312. The third kappa shape index (κ3) is 2.92. The summed E-state index contributed by atoms with van der Waals surface area (Å²) in [5.41, 5.74) is 2.56. The molecule has 0 radical (unpaired) electrons. The molecule has 6 heteroatoms. The number of methoxy groups -OCH3 is 1. The van der Waals surface area contributed by atoms with Crippen LogP contribution in [0.2, 0.25) is 0 Å². The van der Waals surface area contributed by atoms with Gasteiger partial charge < -0.3 is 15.0 Å². The number of hydrogen-bond donors (Lipinski definition) is 1. The third-order valence-electron chi connectivity index (χ3n) is 3.60. The minimum absolute atomic E-state index is 0.0952. The number of para-hydroxylation sites is 1. The van der Waals surface area contributed by atoms with Gasteiger partial charge in [0.25, 0.3) is 5.91 Å². The summed E-state index contributed by atoms with van der Waals surface area (Å²) in [4.78, 5) is 22.9. The average molecular weight is 298 g/mol. The van der Waals surface area contributed by atoms with E-state index in [-0.39, 0.29) is 5.91 Å². The number of nitrogens with zero attached hydrogens (tertiary/aromatic N) is 3. The Morgan fingerprint density at radius 2 is 2.23 bits per heavy atom. The molecule has 1 aliphatic heterocycles. The van der Waals surface area contributed by atoms with Crippen LogP contribution in [0.5, 0.6) is 0 Å². The maximum absolute atomic E-state index is 12.7. The number of anilines is 2. The van der Waals surface area contributed by atoms with Crippen LogP contribution in [0.4, 0.5) is 11.6 Å². The topological polar surface area (TPSA) is 67.3 Å². The quantitative estimate of drug-likeness (QED) is 0.852. The van der Waals surface area contributed by atoms with Crippen LogP contribution in [-0.4, -0.2) is 42.7 Å². The summed E-state index contributed by atoms with van der Waals surface area (Å²) < 4.78 is 4.97. The van der Waals surface area contributed by atoms with Gasteiger partial charge in [-0.15, -0.1) is 0 Å². The molecule has 1 aliphatic rings. The SMILES string of the molecule is COCCNc1nccc(C(=O)N2CCc3ccccc32)n1.